The van der Waals surface area contributed by atoms with E-state index in [4.69, 9.17) is 4.74 Å². The lowest BCUT2D eigenvalue weighted by molar-refractivity contribution is -0.384. The molecule has 0 bridgehead atoms. The lowest BCUT2D eigenvalue weighted by atomic mass is 10.1. The van der Waals surface area contributed by atoms with Crippen LogP contribution in [0.3, 0.4) is 0 Å². The number of nitrogens with zero attached hydrogens (tertiary/aromatic N) is 1. The van der Waals surface area contributed by atoms with Crippen LogP contribution in [0.25, 0.3) is 0 Å². The first kappa shape index (κ1) is 13.6. The minimum atomic E-state index is -0.357. The van der Waals surface area contributed by atoms with Crippen LogP contribution in [0.15, 0.2) is 18.2 Å². The molecule has 1 fully saturated rings. The van der Waals surface area contributed by atoms with Gasteiger partial charge in [-0.3, -0.25) is 10.1 Å². The van der Waals surface area contributed by atoms with Gasteiger partial charge in [0.25, 0.3) is 5.69 Å². The minimum Gasteiger partial charge on any atom is -0.494 e. The maximum Gasteiger partial charge on any atom is 0.296 e. The van der Waals surface area contributed by atoms with Gasteiger partial charge >= 0.3 is 0 Å². The molecule has 1 aromatic carbocycles. The molecule has 1 saturated carbocycles. The third-order valence-corrected chi connectivity index (χ3v) is 3.45. The lowest BCUT2D eigenvalue weighted by Crippen LogP contribution is -2.21. The van der Waals surface area contributed by atoms with Gasteiger partial charge in [-0.1, -0.05) is 6.92 Å². The molecule has 1 aliphatic carbocycles. The third-order valence-electron chi connectivity index (χ3n) is 3.45. The fraction of sp³-hybridized carbons (Fsp3) is 0.571. The van der Waals surface area contributed by atoms with Gasteiger partial charge in [0.1, 0.15) is 11.4 Å². The quantitative estimate of drug-likeness (QED) is 0.603. The maximum absolute atomic E-state index is 11.1. The van der Waals surface area contributed by atoms with Crippen molar-refractivity contribution in [3.63, 3.8) is 0 Å². The van der Waals surface area contributed by atoms with E-state index in [0.29, 0.717) is 30.0 Å². The molecular weight excluding hydrogens is 244 g/mol. The normalized spacial score (nSPS) is 15.9. The molecule has 0 radical (unpaired) electrons. The van der Waals surface area contributed by atoms with Crippen LogP contribution in [-0.4, -0.2) is 17.6 Å². The van der Waals surface area contributed by atoms with Crippen molar-refractivity contribution in [2.45, 2.75) is 39.2 Å². The number of hydrogen-bond donors (Lipinski definition) is 1. The van der Waals surface area contributed by atoms with Gasteiger partial charge in [0.15, 0.2) is 0 Å². The van der Waals surface area contributed by atoms with E-state index < -0.39 is 0 Å². The van der Waals surface area contributed by atoms with Crippen LogP contribution in [-0.2, 0) is 0 Å². The Morgan fingerprint density at radius 1 is 1.47 bits per heavy atom. The van der Waals surface area contributed by atoms with Crippen molar-refractivity contribution in [3.05, 3.63) is 28.3 Å². The Bertz CT molecular complexity index is 458. The van der Waals surface area contributed by atoms with Gasteiger partial charge in [0.05, 0.1) is 17.6 Å². The largest absolute Gasteiger partial charge is 0.494 e. The topological polar surface area (TPSA) is 64.4 Å². The van der Waals surface area contributed by atoms with Crippen molar-refractivity contribution in [1.29, 1.82) is 0 Å². The highest BCUT2D eigenvalue weighted by molar-refractivity contribution is 5.64. The SMILES string of the molecule is CCOc1ccc(NC(CC)C2CC2)c([N+](=O)[O-])c1. The van der Waals surface area contributed by atoms with Crippen molar-refractivity contribution in [3.8, 4) is 5.75 Å². The molecule has 0 amide bonds. The summed E-state index contributed by atoms with van der Waals surface area (Å²) in [6.07, 6.45) is 3.42. The van der Waals surface area contributed by atoms with Gasteiger partial charge in [-0.25, -0.2) is 0 Å². The van der Waals surface area contributed by atoms with Crippen LogP contribution in [0.1, 0.15) is 33.1 Å². The van der Waals surface area contributed by atoms with Gasteiger partial charge in [0.2, 0.25) is 0 Å². The summed E-state index contributed by atoms with van der Waals surface area (Å²) in [6.45, 7) is 4.47. The molecule has 0 aliphatic heterocycles. The van der Waals surface area contributed by atoms with Crippen LogP contribution in [0.2, 0.25) is 0 Å². The number of anilines is 1. The predicted octanol–water partition coefficient (Wildman–Crippen LogP) is 3.59. The molecule has 5 heteroatoms. The summed E-state index contributed by atoms with van der Waals surface area (Å²) in [7, 11) is 0. The van der Waals surface area contributed by atoms with Gasteiger partial charge < -0.3 is 10.1 Å². The van der Waals surface area contributed by atoms with Crippen molar-refractivity contribution in [2.24, 2.45) is 5.92 Å². The summed E-state index contributed by atoms with van der Waals surface area (Å²) in [5, 5.41) is 14.5. The summed E-state index contributed by atoms with van der Waals surface area (Å²) >= 11 is 0. The lowest BCUT2D eigenvalue weighted by Gasteiger charge is -2.17. The Kier molecular flexibility index (Phi) is 4.24. The Labute approximate surface area is 113 Å². The van der Waals surface area contributed by atoms with Gasteiger partial charge in [-0.05, 0) is 44.2 Å². The number of nitrogens with one attached hydrogen (secondary N) is 1. The van der Waals surface area contributed by atoms with Crippen molar-refractivity contribution in [2.75, 3.05) is 11.9 Å². The van der Waals surface area contributed by atoms with E-state index in [1.165, 1.54) is 18.9 Å². The number of hydrogen-bond acceptors (Lipinski definition) is 4. The Balaban J connectivity index is 2.20. The Morgan fingerprint density at radius 3 is 2.74 bits per heavy atom. The van der Waals surface area contributed by atoms with E-state index in [1.807, 2.05) is 6.92 Å². The van der Waals surface area contributed by atoms with E-state index >= 15 is 0 Å². The maximum atomic E-state index is 11.1. The highest BCUT2D eigenvalue weighted by atomic mass is 16.6. The van der Waals surface area contributed by atoms with Crippen LogP contribution < -0.4 is 10.1 Å². The van der Waals surface area contributed by atoms with E-state index in [9.17, 15) is 10.1 Å². The highest BCUT2D eigenvalue weighted by Crippen LogP contribution is 2.37. The van der Waals surface area contributed by atoms with Crippen LogP contribution >= 0.6 is 0 Å². The zero-order valence-corrected chi connectivity index (χ0v) is 11.4. The fourth-order valence-corrected chi connectivity index (χ4v) is 2.29. The van der Waals surface area contributed by atoms with Gasteiger partial charge in [0, 0.05) is 6.04 Å². The van der Waals surface area contributed by atoms with Crippen molar-refractivity contribution in [1.82, 2.24) is 0 Å². The van der Waals surface area contributed by atoms with Gasteiger partial charge in [-0.2, -0.15) is 0 Å². The molecule has 2 rings (SSSR count). The minimum absolute atomic E-state index is 0.0880. The summed E-state index contributed by atoms with van der Waals surface area (Å²) in [6, 6.07) is 5.34. The molecule has 0 saturated heterocycles. The zero-order valence-electron chi connectivity index (χ0n) is 11.4. The second-order valence-electron chi connectivity index (χ2n) is 4.87. The van der Waals surface area contributed by atoms with Crippen molar-refractivity contribution >= 4 is 11.4 Å². The average Bonchev–Trinajstić information content (AvgIpc) is 3.21. The zero-order chi connectivity index (χ0) is 13.8. The summed E-state index contributed by atoms with van der Waals surface area (Å²) in [4.78, 5) is 10.8. The van der Waals surface area contributed by atoms with Crippen LogP contribution in [0.5, 0.6) is 5.75 Å². The second-order valence-corrected chi connectivity index (χ2v) is 4.87. The molecule has 1 atom stereocenters. The smallest absolute Gasteiger partial charge is 0.296 e. The van der Waals surface area contributed by atoms with Crippen LogP contribution in [0, 0.1) is 16.0 Å². The monoisotopic (exact) mass is 264 g/mol. The summed E-state index contributed by atoms with van der Waals surface area (Å²) in [5.41, 5.74) is 0.678. The average molecular weight is 264 g/mol. The first-order valence-corrected chi connectivity index (χ1v) is 6.83. The molecule has 0 spiro atoms. The molecule has 1 N–H and O–H groups in total. The van der Waals surface area contributed by atoms with Gasteiger partial charge in [-0.15, -0.1) is 0 Å². The van der Waals surface area contributed by atoms with Crippen LogP contribution in [0.4, 0.5) is 11.4 Å². The van der Waals surface area contributed by atoms with E-state index in [0.717, 1.165) is 6.42 Å². The molecule has 1 unspecified atom stereocenters. The Hall–Kier alpha value is -1.78. The summed E-state index contributed by atoms with van der Waals surface area (Å²) in [5.74, 6) is 1.20. The predicted molar refractivity (Wildman–Crippen MR) is 74.7 cm³/mol. The number of benzene rings is 1. The first-order chi connectivity index (χ1) is 9.15. The molecule has 5 nitrogen and oxygen atoms in total. The fourth-order valence-electron chi connectivity index (χ4n) is 2.29. The molecular formula is C14H20N2O3. The molecule has 19 heavy (non-hydrogen) atoms. The number of nitro groups is 1. The molecule has 0 aromatic heterocycles. The van der Waals surface area contributed by atoms with E-state index in [1.54, 1.807) is 12.1 Å². The molecule has 0 heterocycles. The molecule has 1 aromatic rings. The molecule has 1 aliphatic rings. The van der Waals surface area contributed by atoms with Crippen molar-refractivity contribution < 1.29 is 9.66 Å². The third kappa shape index (κ3) is 3.36. The second kappa shape index (κ2) is 5.91. The first-order valence-electron chi connectivity index (χ1n) is 6.83. The highest BCUT2D eigenvalue weighted by Gasteiger charge is 2.31. The molecule has 104 valence electrons. The Morgan fingerprint density at radius 2 is 2.21 bits per heavy atom. The number of rotatable bonds is 7. The number of nitro benzene ring substituents is 1. The summed E-state index contributed by atoms with van der Waals surface area (Å²) < 4.78 is 5.31. The van der Waals surface area contributed by atoms with E-state index in [2.05, 4.69) is 12.2 Å². The van der Waals surface area contributed by atoms with E-state index in [-0.39, 0.29) is 10.6 Å². The standard InChI is InChI=1S/C14H20N2O3/c1-3-12(10-5-6-10)15-13-8-7-11(19-4-2)9-14(13)16(17)18/h7-10,12,15H,3-6H2,1-2H3. The number of ether oxygens (including phenoxy) is 1.